The Kier molecular flexibility index (Phi) is 5.09. The summed E-state index contributed by atoms with van der Waals surface area (Å²) < 4.78 is 1.54. The molecule has 4 rings (SSSR count). The molecule has 2 amide bonds. The topological polar surface area (TPSA) is 93.0 Å². The Balaban J connectivity index is 1.37. The maximum absolute atomic E-state index is 12.5. The summed E-state index contributed by atoms with van der Waals surface area (Å²) in [6.45, 7) is 1.40. The van der Waals surface area contributed by atoms with Gasteiger partial charge >= 0.3 is 0 Å². The number of aromatic nitrogens is 4. The summed E-state index contributed by atoms with van der Waals surface area (Å²) in [6.07, 6.45) is 7.22. The first kappa shape index (κ1) is 17.8. The standard InChI is InChI=1S/C20H20N6O2/c27-19-3-1-2-10-25(19)12-15-4-6-16(7-5-15)20(28)24-17-8-9-18(22-11-17)26-14-21-13-23-26/h4-9,11,13-14H,1-3,10,12H2,(H,24,28). The molecule has 28 heavy (non-hydrogen) atoms. The van der Waals surface area contributed by atoms with Crippen molar-refractivity contribution >= 4 is 17.5 Å². The molecular weight excluding hydrogens is 356 g/mol. The zero-order valence-electron chi connectivity index (χ0n) is 15.3. The van der Waals surface area contributed by atoms with Gasteiger partial charge in [0.2, 0.25) is 5.91 Å². The molecule has 1 N–H and O–H groups in total. The van der Waals surface area contributed by atoms with Crippen LogP contribution >= 0.6 is 0 Å². The number of pyridine rings is 1. The van der Waals surface area contributed by atoms with E-state index in [9.17, 15) is 9.59 Å². The van der Waals surface area contributed by atoms with Gasteiger partial charge < -0.3 is 10.2 Å². The highest BCUT2D eigenvalue weighted by molar-refractivity contribution is 6.04. The maximum Gasteiger partial charge on any atom is 0.255 e. The third kappa shape index (κ3) is 4.06. The largest absolute Gasteiger partial charge is 0.338 e. The first-order valence-corrected chi connectivity index (χ1v) is 9.18. The molecule has 1 fully saturated rings. The third-order valence-electron chi connectivity index (χ3n) is 4.67. The van der Waals surface area contributed by atoms with Crippen LogP contribution in [0, 0.1) is 0 Å². The molecule has 2 aromatic heterocycles. The van der Waals surface area contributed by atoms with Crippen molar-refractivity contribution in [2.24, 2.45) is 0 Å². The van der Waals surface area contributed by atoms with E-state index in [-0.39, 0.29) is 11.8 Å². The fourth-order valence-electron chi connectivity index (χ4n) is 3.14. The number of amides is 2. The van der Waals surface area contributed by atoms with Crippen LogP contribution in [0.2, 0.25) is 0 Å². The smallest absolute Gasteiger partial charge is 0.255 e. The highest BCUT2D eigenvalue weighted by Gasteiger charge is 2.18. The summed E-state index contributed by atoms with van der Waals surface area (Å²) in [5.74, 6) is 0.609. The highest BCUT2D eigenvalue weighted by Crippen LogP contribution is 2.16. The molecule has 0 unspecified atom stereocenters. The first-order valence-electron chi connectivity index (χ1n) is 9.18. The molecule has 1 aliphatic rings. The number of anilines is 1. The lowest BCUT2D eigenvalue weighted by molar-refractivity contribution is -0.133. The van der Waals surface area contributed by atoms with Gasteiger partial charge in [0.25, 0.3) is 5.91 Å². The van der Waals surface area contributed by atoms with Crippen LogP contribution in [0.25, 0.3) is 5.82 Å². The second kappa shape index (κ2) is 7.99. The molecule has 0 bridgehead atoms. The summed E-state index contributed by atoms with van der Waals surface area (Å²) in [5.41, 5.74) is 2.16. The van der Waals surface area contributed by atoms with Crippen LogP contribution in [0.1, 0.15) is 35.2 Å². The van der Waals surface area contributed by atoms with E-state index in [1.54, 1.807) is 36.8 Å². The second-order valence-corrected chi connectivity index (χ2v) is 6.67. The summed E-state index contributed by atoms with van der Waals surface area (Å²) >= 11 is 0. The van der Waals surface area contributed by atoms with Crippen molar-refractivity contribution in [1.29, 1.82) is 0 Å². The van der Waals surface area contributed by atoms with Crippen LogP contribution in [0.15, 0.2) is 55.2 Å². The molecule has 0 atom stereocenters. The third-order valence-corrected chi connectivity index (χ3v) is 4.67. The van der Waals surface area contributed by atoms with Gasteiger partial charge in [-0.1, -0.05) is 12.1 Å². The summed E-state index contributed by atoms with van der Waals surface area (Å²) in [5, 5.41) is 6.84. The number of piperidine rings is 1. The molecule has 3 heterocycles. The van der Waals surface area contributed by atoms with Gasteiger partial charge in [0, 0.05) is 25.1 Å². The van der Waals surface area contributed by atoms with Crippen molar-refractivity contribution in [2.75, 3.05) is 11.9 Å². The normalized spacial score (nSPS) is 14.1. The van der Waals surface area contributed by atoms with Crippen LogP contribution in [-0.2, 0) is 11.3 Å². The Labute approximate surface area is 162 Å². The van der Waals surface area contributed by atoms with Gasteiger partial charge in [0.15, 0.2) is 5.82 Å². The minimum absolute atomic E-state index is 0.204. The van der Waals surface area contributed by atoms with Gasteiger partial charge in [-0.15, -0.1) is 0 Å². The van der Waals surface area contributed by atoms with Crippen molar-refractivity contribution in [3.63, 3.8) is 0 Å². The van der Waals surface area contributed by atoms with Crippen LogP contribution in [0.5, 0.6) is 0 Å². The van der Waals surface area contributed by atoms with E-state index in [1.165, 1.54) is 11.0 Å². The SMILES string of the molecule is O=C(Nc1ccc(-n2cncn2)nc1)c1ccc(CN2CCCCC2=O)cc1. The molecule has 0 spiro atoms. The Morgan fingerprint density at radius 3 is 2.64 bits per heavy atom. The molecule has 1 saturated heterocycles. The highest BCUT2D eigenvalue weighted by atomic mass is 16.2. The van der Waals surface area contributed by atoms with Crippen molar-refractivity contribution in [3.05, 3.63) is 66.4 Å². The van der Waals surface area contributed by atoms with E-state index in [1.807, 2.05) is 17.0 Å². The van der Waals surface area contributed by atoms with E-state index in [4.69, 9.17) is 0 Å². The number of hydrogen-bond acceptors (Lipinski definition) is 5. The van der Waals surface area contributed by atoms with Crippen molar-refractivity contribution < 1.29 is 9.59 Å². The number of nitrogens with zero attached hydrogens (tertiary/aromatic N) is 5. The predicted molar refractivity (Wildman–Crippen MR) is 103 cm³/mol. The quantitative estimate of drug-likeness (QED) is 0.738. The Bertz CT molecular complexity index is 951. The molecule has 1 aromatic carbocycles. The molecule has 8 nitrogen and oxygen atoms in total. The first-order chi connectivity index (χ1) is 13.7. The number of hydrogen-bond donors (Lipinski definition) is 1. The number of rotatable bonds is 5. The number of likely N-dealkylation sites (tertiary alicyclic amines) is 1. The molecule has 0 aliphatic carbocycles. The monoisotopic (exact) mass is 376 g/mol. The van der Waals surface area contributed by atoms with Gasteiger partial charge in [-0.2, -0.15) is 5.10 Å². The summed E-state index contributed by atoms with van der Waals surface area (Å²) in [4.78, 5) is 34.4. The van der Waals surface area contributed by atoms with Gasteiger partial charge in [-0.25, -0.2) is 14.6 Å². The van der Waals surface area contributed by atoms with Crippen LogP contribution in [-0.4, -0.2) is 43.0 Å². The lowest BCUT2D eigenvalue weighted by Crippen LogP contribution is -2.34. The van der Waals surface area contributed by atoms with E-state index in [0.717, 1.165) is 24.9 Å². The predicted octanol–water partition coefficient (Wildman–Crippen LogP) is 2.43. The van der Waals surface area contributed by atoms with E-state index < -0.39 is 0 Å². The van der Waals surface area contributed by atoms with Crippen LogP contribution in [0.3, 0.4) is 0 Å². The molecule has 0 radical (unpaired) electrons. The molecule has 1 aliphatic heterocycles. The molecule has 3 aromatic rings. The van der Waals surface area contributed by atoms with Gasteiger partial charge in [0.05, 0.1) is 11.9 Å². The van der Waals surface area contributed by atoms with Gasteiger partial charge in [-0.05, 0) is 42.7 Å². The molecule has 142 valence electrons. The average Bonchev–Trinajstić information content (AvgIpc) is 3.26. The fourth-order valence-corrected chi connectivity index (χ4v) is 3.14. The van der Waals surface area contributed by atoms with Crippen LogP contribution in [0.4, 0.5) is 5.69 Å². The van der Waals surface area contributed by atoms with E-state index >= 15 is 0 Å². The van der Waals surface area contributed by atoms with Gasteiger partial charge in [-0.3, -0.25) is 9.59 Å². The second-order valence-electron chi connectivity index (χ2n) is 6.67. The van der Waals surface area contributed by atoms with Crippen molar-refractivity contribution in [2.45, 2.75) is 25.8 Å². The Morgan fingerprint density at radius 1 is 1.11 bits per heavy atom. The minimum Gasteiger partial charge on any atom is -0.338 e. The molecular formula is C20H20N6O2. The summed E-state index contributed by atoms with van der Waals surface area (Å²) in [7, 11) is 0. The lowest BCUT2D eigenvalue weighted by Gasteiger charge is -2.26. The van der Waals surface area contributed by atoms with Crippen molar-refractivity contribution in [3.8, 4) is 5.82 Å². The Hall–Kier alpha value is -3.55. The number of carbonyl (C=O) groups is 2. The van der Waals surface area contributed by atoms with E-state index in [0.29, 0.717) is 30.0 Å². The number of benzene rings is 1. The Morgan fingerprint density at radius 2 is 1.96 bits per heavy atom. The van der Waals surface area contributed by atoms with Gasteiger partial charge in [0.1, 0.15) is 12.7 Å². The minimum atomic E-state index is -0.212. The molecule has 0 saturated carbocycles. The average molecular weight is 376 g/mol. The lowest BCUT2D eigenvalue weighted by atomic mass is 10.1. The number of carbonyl (C=O) groups excluding carboxylic acids is 2. The van der Waals surface area contributed by atoms with Crippen LogP contribution < -0.4 is 5.32 Å². The maximum atomic E-state index is 12.5. The zero-order chi connectivity index (χ0) is 19.3. The van der Waals surface area contributed by atoms with Crippen molar-refractivity contribution in [1.82, 2.24) is 24.6 Å². The summed E-state index contributed by atoms with van der Waals surface area (Å²) in [6, 6.07) is 10.8. The molecule has 8 heteroatoms. The fraction of sp³-hybridized carbons (Fsp3) is 0.250. The van der Waals surface area contributed by atoms with E-state index in [2.05, 4.69) is 20.4 Å². The number of nitrogens with one attached hydrogen (secondary N) is 1. The zero-order valence-corrected chi connectivity index (χ0v) is 15.3.